The van der Waals surface area contributed by atoms with Crippen molar-refractivity contribution in [1.29, 1.82) is 0 Å². The minimum absolute atomic E-state index is 0.0867. The second-order valence-corrected chi connectivity index (χ2v) is 6.05. The third kappa shape index (κ3) is 3.96. The van der Waals surface area contributed by atoms with Gasteiger partial charge in [0.05, 0.1) is 4.90 Å². The van der Waals surface area contributed by atoms with Gasteiger partial charge in [-0.25, -0.2) is 13.6 Å². The zero-order valence-corrected chi connectivity index (χ0v) is 11.6. The maximum absolute atomic E-state index is 11.2. The number of rotatable bonds is 4. The summed E-state index contributed by atoms with van der Waals surface area (Å²) in [6, 6.07) is 13.8. The van der Waals surface area contributed by atoms with E-state index >= 15 is 0 Å². The number of nitrogens with two attached hydrogens (primary N) is 1. The molecule has 0 unspecified atom stereocenters. The summed E-state index contributed by atoms with van der Waals surface area (Å²) in [5.41, 5.74) is 1.69. The summed E-state index contributed by atoms with van der Waals surface area (Å²) >= 11 is 5.89. The summed E-state index contributed by atoms with van der Waals surface area (Å²) in [6.07, 6.45) is 0. The van der Waals surface area contributed by atoms with Crippen molar-refractivity contribution in [2.24, 2.45) is 5.14 Å². The molecule has 0 radical (unpaired) electrons. The van der Waals surface area contributed by atoms with Gasteiger partial charge in [0.15, 0.2) is 0 Å². The Balaban J connectivity index is 2.12. The van der Waals surface area contributed by atoms with Crippen molar-refractivity contribution in [2.75, 3.05) is 5.32 Å². The smallest absolute Gasteiger partial charge is 0.238 e. The molecule has 0 amide bonds. The Kier molecular flexibility index (Phi) is 4.09. The summed E-state index contributed by atoms with van der Waals surface area (Å²) in [4.78, 5) is 0.0867. The number of hydrogen-bond donors (Lipinski definition) is 2. The molecule has 0 fully saturated rings. The van der Waals surface area contributed by atoms with Crippen molar-refractivity contribution in [3.05, 3.63) is 59.1 Å². The fourth-order valence-electron chi connectivity index (χ4n) is 1.63. The predicted molar refractivity (Wildman–Crippen MR) is 76.6 cm³/mol. The quantitative estimate of drug-likeness (QED) is 0.911. The zero-order chi connectivity index (χ0) is 13.9. The van der Waals surface area contributed by atoms with Crippen molar-refractivity contribution in [3.8, 4) is 0 Å². The number of nitrogens with one attached hydrogen (secondary N) is 1. The maximum Gasteiger partial charge on any atom is 0.238 e. The van der Waals surface area contributed by atoms with Crippen LogP contribution in [0.1, 0.15) is 5.56 Å². The molecule has 3 N–H and O–H groups in total. The van der Waals surface area contributed by atoms with Crippen LogP contribution in [0.3, 0.4) is 0 Å². The van der Waals surface area contributed by atoms with Crippen molar-refractivity contribution < 1.29 is 8.42 Å². The average molecular weight is 297 g/mol. The van der Waals surface area contributed by atoms with E-state index in [0.717, 1.165) is 5.56 Å². The summed E-state index contributed by atoms with van der Waals surface area (Å²) in [7, 11) is -3.68. The maximum atomic E-state index is 11.2. The molecule has 0 aliphatic carbocycles. The van der Waals surface area contributed by atoms with Crippen LogP contribution < -0.4 is 10.5 Å². The van der Waals surface area contributed by atoms with Gasteiger partial charge in [-0.3, -0.25) is 0 Å². The van der Waals surface area contributed by atoms with Crippen LogP contribution >= 0.6 is 11.6 Å². The van der Waals surface area contributed by atoms with Crippen LogP contribution in [0.5, 0.6) is 0 Å². The molecule has 2 rings (SSSR count). The third-order valence-electron chi connectivity index (χ3n) is 2.55. The van der Waals surface area contributed by atoms with Gasteiger partial charge in [0.2, 0.25) is 10.0 Å². The van der Waals surface area contributed by atoms with Crippen LogP contribution in [-0.2, 0) is 16.6 Å². The third-order valence-corrected chi connectivity index (χ3v) is 3.69. The van der Waals surface area contributed by atoms with Crippen molar-refractivity contribution >= 4 is 27.3 Å². The predicted octanol–water partition coefficient (Wildman–Crippen LogP) is 2.60. The van der Waals surface area contributed by atoms with Gasteiger partial charge >= 0.3 is 0 Å². The summed E-state index contributed by atoms with van der Waals surface area (Å²) < 4.78 is 22.5. The topological polar surface area (TPSA) is 72.2 Å². The molecule has 100 valence electrons. The largest absolute Gasteiger partial charge is 0.381 e. The molecule has 0 aliphatic heterocycles. The highest BCUT2D eigenvalue weighted by atomic mass is 35.5. The Morgan fingerprint density at radius 3 is 2.53 bits per heavy atom. The number of hydrogen-bond acceptors (Lipinski definition) is 3. The van der Waals surface area contributed by atoms with E-state index in [4.69, 9.17) is 16.7 Å². The van der Waals surface area contributed by atoms with Gasteiger partial charge in [0.25, 0.3) is 0 Å². The number of primary sulfonamides is 1. The lowest BCUT2D eigenvalue weighted by Crippen LogP contribution is -2.12. The molecule has 4 nitrogen and oxygen atoms in total. The van der Waals surface area contributed by atoms with Gasteiger partial charge in [-0.05, 0) is 35.9 Å². The fourth-order valence-corrected chi connectivity index (χ4v) is 2.41. The lowest BCUT2D eigenvalue weighted by Gasteiger charge is -2.08. The van der Waals surface area contributed by atoms with E-state index < -0.39 is 10.0 Å². The standard InChI is InChI=1S/C13H13ClN2O2S/c14-11-4-1-3-10(7-11)9-16-12-5-2-6-13(8-12)19(15,17)18/h1-8,16H,9H2,(H2,15,17,18). The molecule has 0 spiro atoms. The lowest BCUT2D eigenvalue weighted by atomic mass is 10.2. The second kappa shape index (κ2) is 5.61. The van der Waals surface area contributed by atoms with Crippen molar-refractivity contribution in [3.63, 3.8) is 0 Å². The van der Waals surface area contributed by atoms with Gasteiger partial charge in [-0.15, -0.1) is 0 Å². The van der Waals surface area contributed by atoms with Gasteiger partial charge in [0.1, 0.15) is 0 Å². The molecular weight excluding hydrogens is 284 g/mol. The van der Waals surface area contributed by atoms with Crippen LogP contribution in [0.15, 0.2) is 53.4 Å². The molecule has 0 bridgehead atoms. The minimum atomic E-state index is -3.68. The van der Waals surface area contributed by atoms with E-state index in [0.29, 0.717) is 17.3 Å². The zero-order valence-electron chi connectivity index (χ0n) is 10.0. The molecule has 0 saturated heterocycles. The number of halogens is 1. The van der Waals surface area contributed by atoms with Crippen LogP contribution in [0.25, 0.3) is 0 Å². The Bertz CT molecular complexity index is 687. The van der Waals surface area contributed by atoms with Gasteiger partial charge in [-0.2, -0.15) is 0 Å². The Labute approximate surface area is 117 Å². The molecular formula is C13H13ClN2O2S. The molecule has 2 aromatic rings. The van der Waals surface area contributed by atoms with E-state index in [2.05, 4.69) is 5.32 Å². The second-order valence-electron chi connectivity index (χ2n) is 4.06. The summed E-state index contributed by atoms with van der Waals surface area (Å²) in [6.45, 7) is 0.550. The first-order chi connectivity index (χ1) is 8.95. The highest BCUT2D eigenvalue weighted by Gasteiger charge is 2.07. The summed E-state index contributed by atoms with van der Waals surface area (Å²) in [5, 5.41) is 8.87. The molecule has 6 heteroatoms. The van der Waals surface area contributed by atoms with Crippen LogP contribution in [-0.4, -0.2) is 8.42 Å². The molecule has 0 heterocycles. The number of sulfonamides is 1. The first kappa shape index (κ1) is 13.9. The normalized spacial score (nSPS) is 11.3. The fraction of sp³-hybridized carbons (Fsp3) is 0.0769. The summed E-state index contributed by atoms with van der Waals surface area (Å²) in [5.74, 6) is 0. The molecule has 0 atom stereocenters. The van der Waals surface area contributed by atoms with Gasteiger partial charge in [0, 0.05) is 17.3 Å². The number of benzene rings is 2. The molecule has 0 aromatic heterocycles. The van der Waals surface area contributed by atoms with Crippen molar-refractivity contribution in [2.45, 2.75) is 11.4 Å². The number of anilines is 1. The van der Waals surface area contributed by atoms with E-state index in [-0.39, 0.29) is 4.90 Å². The minimum Gasteiger partial charge on any atom is -0.381 e. The molecule has 0 saturated carbocycles. The van der Waals surface area contributed by atoms with E-state index in [9.17, 15) is 8.42 Å². The molecule has 19 heavy (non-hydrogen) atoms. The lowest BCUT2D eigenvalue weighted by molar-refractivity contribution is 0.598. The average Bonchev–Trinajstić information content (AvgIpc) is 2.36. The van der Waals surface area contributed by atoms with E-state index in [1.165, 1.54) is 12.1 Å². The van der Waals surface area contributed by atoms with E-state index in [1.54, 1.807) is 18.2 Å². The monoisotopic (exact) mass is 296 g/mol. The Morgan fingerprint density at radius 1 is 1.11 bits per heavy atom. The first-order valence-electron chi connectivity index (χ1n) is 5.56. The highest BCUT2D eigenvalue weighted by molar-refractivity contribution is 7.89. The molecule has 2 aromatic carbocycles. The van der Waals surface area contributed by atoms with Gasteiger partial charge in [-0.1, -0.05) is 29.8 Å². The van der Waals surface area contributed by atoms with Crippen LogP contribution in [0.4, 0.5) is 5.69 Å². The Morgan fingerprint density at radius 2 is 1.84 bits per heavy atom. The first-order valence-corrected chi connectivity index (χ1v) is 7.49. The van der Waals surface area contributed by atoms with E-state index in [1.807, 2.05) is 18.2 Å². The Hall–Kier alpha value is -1.56. The van der Waals surface area contributed by atoms with Crippen LogP contribution in [0, 0.1) is 0 Å². The molecule has 0 aliphatic rings. The highest BCUT2D eigenvalue weighted by Crippen LogP contribution is 2.16. The van der Waals surface area contributed by atoms with Crippen molar-refractivity contribution in [1.82, 2.24) is 0 Å². The van der Waals surface area contributed by atoms with Crippen LogP contribution in [0.2, 0.25) is 5.02 Å². The van der Waals surface area contributed by atoms with Gasteiger partial charge < -0.3 is 5.32 Å². The SMILES string of the molecule is NS(=O)(=O)c1cccc(NCc2cccc(Cl)c2)c1.